The second kappa shape index (κ2) is 7.24. The number of carbonyl (C=O) groups is 1. The van der Waals surface area contributed by atoms with Crippen LogP contribution in [0.15, 0.2) is 46.1 Å². The lowest BCUT2D eigenvalue weighted by Gasteiger charge is -2.17. The zero-order valence-electron chi connectivity index (χ0n) is 13.9. The maximum atomic E-state index is 12.0. The first-order valence-electron chi connectivity index (χ1n) is 7.94. The molecular formula is C17H18N2O7. The van der Waals surface area contributed by atoms with Gasteiger partial charge >= 0.3 is 11.7 Å². The van der Waals surface area contributed by atoms with Gasteiger partial charge in [-0.2, -0.15) is 0 Å². The van der Waals surface area contributed by atoms with Gasteiger partial charge in [0.25, 0.3) is 5.56 Å². The van der Waals surface area contributed by atoms with Crippen molar-refractivity contribution in [3.05, 3.63) is 68.5 Å². The fraction of sp³-hybridized carbons (Fsp3) is 0.353. The third kappa shape index (κ3) is 3.45. The second-order valence-electron chi connectivity index (χ2n) is 5.99. The largest absolute Gasteiger partial charge is 0.459 e. The Bertz CT molecular complexity index is 905. The van der Waals surface area contributed by atoms with Crippen LogP contribution in [0.4, 0.5) is 0 Å². The number of aliphatic hydroxyl groups excluding tert-OH is 2. The van der Waals surface area contributed by atoms with E-state index in [1.54, 1.807) is 30.3 Å². The van der Waals surface area contributed by atoms with Crippen molar-refractivity contribution in [1.82, 2.24) is 9.55 Å². The van der Waals surface area contributed by atoms with Crippen molar-refractivity contribution < 1.29 is 24.5 Å². The van der Waals surface area contributed by atoms with Crippen LogP contribution >= 0.6 is 0 Å². The third-order valence-corrected chi connectivity index (χ3v) is 4.15. The molecule has 1 aromatic carbocycles. The Balaban J connectivity index is 1.72. The number of hydrogen-bond acceptors (Lipinski definition) is 7. The SMILES string of the molecule is Cc1cn(C2O[C@H](COC(=O)c3ccccc3)[C@@H](O)[C@H]2O)c(=O)[nH]c1=O. The van der Waals surface area contributed by atoms with Crippen LogP contribution < -0.4 is 11.2 Å². The van der Waals surface area contributed by atoms with E-state index < -0.39 is 41.8 Å². The van der Waals surface area contributed by atoms with Gasteiger partial charge < -0.3 is 19.7 Å². The topological polar surface area (TPSA) is 131 Å². The second-order valence-corrected chi connectivity index (χ2v) is 5.99. The highest BCUT2D eigenvalue weighted by molar-refractivity contribution is 5.89. The number of ether oxygens (including phenoxy) is 2. The molecule has 4 atom stereocenters. The van der Waals surface area contributed by atoms with Crippen LogP contribution in [0.3, 0.4) is 0 Å². The van der Waals surface area contributed by atoms with Crippen LogP contribution in [0.1, 0.15) is 22.1 Å². The summed E-state index contributed by atoms with van der Waals surface area (Å²) in [6, 6.07) is 8.28. The van der Waals surface area contributed by atoms with Crippen molar-refractivity contribution >= 4 is 5.97 Å². The number of aliphatic hydroxyl groups is 2. The number of aromatic amines is 1. The van der Waals surface area contributed by atoms with E-state index in [1.165, 1.54) is 13.1 Å². The monoisotopic (exact) mass is 362 g/mol. The molecule has 1 aliphatic rings. The van der Waals surface area contributed by atoms with Gasteiger partial charge in [-0.25, -0.2) is 9.59 Å². The molecule has 3 N–H and O–H groups in total. The molecule has 2 heterocycles. The van der Waals surface area contributed by atoms with Crippen molar-refractivity contribution in [1.29, 1.82) is 0 Å². The lowest BCUT2D eigenvalue weighted by atomic mass is 10.1. The van der Waals surface area contributed by atoms with E-state index in [4.69, 9.17) is 9.47 Å². The van der Waals surface area contributed by atoms with Gasteiger partial charge in [0.1, 0.15) is 24.9 Å². The number of aromatic nitrogens is 2. The standard InChI is InChI=1S/C17H18N2O7/c1-9-7-19(17(24)18-14(9)22)15-13(21)12(20)11(26-15)8-25-16(23)10-5-3-2-4-6-10/h2-7,11-13,15,20-21H,8H2,1H3,(H,18,22,24)/t11-,12-,13-,15?/m1/s1. The number of carbonyl (C=O) groups excluding carboxylic acids is 1. The van der Waals surface area contributed by atoms with E-state index in [0.717, 1.165) is 4.57 Å². The van der Waals surface area contributed by atoms with Crippen molar-refractivity contribution in [3.63, 3.8) is 0 Å². The summed E-state index contributed by atoms with van der Waals surface area (Å²) >= 11 is 0. The normalized spacial score (nSPS) is 25.2. The summed E-state index contributed by atoms with van der Waals surface area (Å²) in [6.45, 7) is 1.19. The van der Waals surface area contributed by atoms with Crippen LogP contribution in [-0.4, -0.2) is 50.7 Å². The molecule has 0 radical (unpaired) electrons. The predicted octanol–water partition coefficient (Wildman–Crippen LogP) is -0.679. The molecule has 0 aliphatic carbocycles. The number of nitrogens with one attached hydrogen (secondary N) is 1. The molecule has 2 aromatic rings. The first-order valence-corrected chi connectivity index (χ1v) is 7.94. The van der Waals surface area contributed by atoms with E-state index in [1.807, 2.05) is 0 Å². The fourth-order valence-corrected chi connectivity index (χ4v) is 2.69. The summed E-state index contributed by atoms with van der Waals surface area (Å²) in [5.74, 6) is -0.601. The number of benzene rings is 1. The van der Waals surface area contributed by atoms with Crippen LogP contribution in [0.25, 0.3) is 0 Å². The molecular weight excluding hydrogens is 344 g/mol. The van der Waals surface area contributed by atoms with Gasteiger partial charge in [0.15, 0.2) is 6.23 Å². The first kappa shape index (κ1) is 18.1. The molecule has 0 saturated carbocycles. The molecule has 1 aliphatic heterocycles. The lowest BCUT2D eigenvalue weighted by molar-refractivity contribution is -0.0599. The predicted molar refractivity (Wildman–Crippen MR) is 88.7 cm³/mol. The Labute approximate surface area is 147 Å². The quantitative estimate of drug-likeness (QED) is 0.614. The third-order valence-electron chi connectivity index (χ3n) is 4.15. The number of esters is 1. The molecule has 0 bridgehead atoms. The molecule has 26 heavy (non-hydrogen) atoms. The summed E-state index contributed by atoms with van der Waals surface area (Å²) in [5, 5.41) is 20.3. The Morgan fingerprint density at radius 1 is 1.23 bits per heavy atom. The van der Waals surface area contributed by atoms with Gasteiger partial charge in [-0.1, -0.05) is 18.2 Å². The van der Waals surface area contributed by atoms with Crippen LogP contribution in [-0.2, 0) is 9.47 Å². The number of rotatable bonds is 4. The van der Waals surface area contributed by atoms with Crippen molar-refractivity contribution in [2.24, 2.45) is 0 Å². The number of hydrogen-bond donors (Lipinski definition) is 3. The summed E-state index contributed by atoms with van der Waals surface area (Å²) in [7, 11) is 0. The minimum Gasteiger partial charge on any atom is -0.459 e. The van der Waals surface area contributed by atoms with E-state index in [0.29, 0.717) is 5.56 Å². The number of H-pyrrole nitrogens is 1. The average molecular weight is 362 g/mol. The molecule has 0 spiro atoms. The summed E-state index contributed by atoms with van der Waals surface area (Å²) in [5.41, 5.74) is -0.746. The smallest absolute Gasteiger partial charge is 0.338 e. The Kier molecular flexibility index (Phi) is 5.03. The summed E-state index contributed by atoms with van der Waals surface area (Å²) < 4.78 is 11.6. The summed E-state index contributed by atoms with van der Waals surface area (Å²) in [6.07, 6.45) is -3.81. The molecule has 1 aromatic heterocycles. The molecule has 138 valence electrons. The highest BCUT2D eigenvalue weighted by Gasteiger charge is 2.44. The average Bonchev–Trinajstić information content (AvgIpc) is 2.91. The van der Waals surface area contributed by atoms with Gasteiger partial charge in [-0.05, 0) is 19.1 Å². The van der Waals surface area contributed by atoms with Gasteiger partial charge in [-0.15, -0.1) is 0 Å². The Morgan fingerprint density at radius 2 is 1.92 bits per heavy atom. The molecule has 0 amide bonds. The van der Waals surface area contributed by atoms with E-state index in [2.05, 4.69) is 4.98 Å². The first-order chi connectivity index (χ1) is 12.4. The zero-order chi connectivity index (χ0) is 18.8. The van der Waals surface area contributed by atoms with Gasteiger partial charge in [0.2, 0.25) is 0 Å². The lowest BCUT2D eigenvalue weighted by Crippen LogP contribution is -2.38. The van der Waals surface area contributed by atoms with Gasteiger partial charge in [-0.3, -0.25) is 14.3 Å². The minimum absolute atomic E-state index is 0.244. The molecule has 1 saturated heterocycles. The number of aryl methyl sites for hydroxylation is 1. The zero-order valence-corrected chi connectivity index (χ0v) is 13.9. The Morgan fingerprint density at radius 3 is 2.62 bits per heavy atom. The van der Waals surface area contributed by atoms with Crippen LogP contribution in [0.2, 0.25) is 0 Å². The highest BCUT2D eigenvalue weighted by atomic mass is 16.6. The fourth-order valence-electron chi connectivity index (χ4n) is 2.69. The van der Waals surface area contributed by atoms with E-state index in [-0.39, 0.29) is 12.2 Å². The van der Waals surface area contributed by atoms with Crippen LogP contribution in [0, 0.1) is 6.92 Å². The molecule has 1 fully saturated rings. The van der Waals surface area contributed by atoms with Crippen LogP contribution in [0.5, 0.6) is 0 Å². The molecule has 1 unspecified atom stereocenters. The number of nitrogens with zero attached hydrogens (tertiary/aromatic N) is 1. The van der Waals surface area contributed by atoms with Gasteiger partial charge in [0, 0.05) is 11.8 Å². The molecule has 9 nitrogen and oxygen atoms in total. The maximum absolute atomic E-state index is 12.0. The minimum atomic E-state index is -1.43. The van der Waals surface area contributed by atoms with E-state index in [9.17, 15) is 24.6 Å². The van der Waals surface area contributed by atoms with Gasteiger partial charge in [0.05, 0.1) is 5.56 Å². The molecule has 9 heteroatoms. The summed E-state index contributed by atoms with van der Waals surface area (Å²) in [4.78, 5) is 37.4. The highest BCUT2D eigenvalue weighted by Crippen LogP contribution is 2.28. The van der Waals surface area contributed by atoms with E-state index >= 15 is 0 Å². The van der Waals surface area contributed by atoms with Crippen molar-refractivity contribution in [2.75, 3.05) is 6.61 Å². The maximum Gasteiger partial charge on any atom is 0.338 e. The van der Waals surface area contributed by atoms with Crippen molar-refractivity contribution in [3.8, 4) is 0 Å². The Hall–Kier alpha value is -2.75. The van der Waals surface area contributed by atoms with Crippen molar-refractivity contribution in [2.45, 2.75) is 31.5 Å². The molecule has 3 rings (SSSR count).